The molecule has 3 rings (SSSR count). The molecule has 1 fully saturated rings. The number of rotatable bonds is 6. The van der Waals surface area contributed by atoms with Gasteiger partial charge in [0.2, 0.25) is 5.95 Å². The molecule has 1 atom stereocenters. The zero-order valence-corrected chi connectivity index (χ0v) is 16.5. The number of methoxy groups -OCH3 is 1. The number of ether oxygens (including phenoxy) is 1. The van der Waals surface area contributed by atoms with Gasteiger partial charge in [-0.25, -0.2) is 4.98 Å². The molecule has 2 heterocycles. The SMILES string of the molecule is COc1ccc(CN2CCC(Nc3ccnc(N(C)C)n3)C2)cc1Br. The first-order valence-corrected chi connectivity index (χ1v) is 9.16. The molecule has 0 aliphatic carbocycles. The third kappa shape index (κ3) is 4.61. The second-order valence-electron chi connectivity index (χ2n) is 6.47. The highest BCUT2D eigenvalue weighted by atomic mass is 79.9. The lowest BCUT2D eigenvalue weighted by molar-refractivity contribution is 0.328. The summed E-state index contributed by atoms with van der Waals surface area (Å²) in [6, 6.07) is 8.60. The van der Waals surface area contributed by atoms with E-state index in [-0.39, 0.29) is 0 Å². The Labute approximate surface area is 157 Å². The minimum absolute atomic E-state index is 0.409. The topological polar surface area (TPSA) is 53.5 Å². The number of benzene rings is 1. The first kappa shape index (κ1) is 17.9. The Kier molecular flexibility index (Phi) is 5.75. The van der Waals surface area contributed by atoms with Crippen molar-refractivity contribution < 1.29 is 4.74 Å². The van der Waals surface area contributed by atoms with Gasteiger partial charge in [0.15, 0.2) is 0 Å². The van der Waals surface area contributed by atoms with Gasteiger partial charge >= 0.3 is 0 Å². The van der Waals surface area contributed by atoms with Crippen LogP contribution >= 0.6 is 15.9 Å². The van der Waals surface area contributed by atoms with Crippen LogP contribution in [-0.2, 0) is 6.54 Å². The predicted molar refractivity (Wildman–Crippen MR) is 104 cm³/mol. The molecule has 0 amide bonds. The number of likely N-dealkylation sites (tertiary alicyclic amines) is 1. The van der Waals surface area contributed by atoms with Crippen molar-refractivity contribution in [1.82, 2.24) is 14.9 Å². The van der Waals surface area contributed by atoms with Crippen molar-refractivity contribution in [2.75, 3.05) is 44.5 Å². The maximum Gasteiger partial charge on any atom is 0.226 e. The zero-order chi connectivity index (χ0) is 17.8. The molecule has 1 aliphatic rings. The van der Waals surface area contributed by atoms with Crippen LogP contribution in [0.3, 0.4) is 0 Å². The van der Waals surface area contributed by atoms with Gasteiger partial charge in [-0.1, -0.05) is 6.07 Å². The van der Waals surface area contributed by atoms with Crippen LogP contribution in [0.15, 0.2) is 34.9 Å². The highest BCUT2D eigenvalue weighted by Gasteiger charge is 2.23. The molecule has 25 heavy (non-hydrogen) atoms. The maximum absolute atomic E-state index is 5.29. The zero-order valence-electron chi connectivity index (χ0n) is 14.9. The van der Waals surface area contributed by atoms with Crippen molar-refractivity contribution in [3.63, 3.8) is 0 Å². The number of halogens is 1. The Morgan fingerprint density at radius 2 is 2.20 bits per heavy atom. The Morgan fingerprint density at radius 1 is 1.36 bits per heavy atom. The minimum Gasteiger partial charge on any atom is -0.496 e. The molecule has 0 spiro atoms. The maximum atomic E-state index is 5.29. The van der Waals surface area contributed by atoms with Crippen molar-refractivity contribution in [3.8, 4) is 5.75 Å². The molecule has 1 aliphatic heterocycles. The lowest BCUT2D eigenvalue weighted by atomic mass is 10.2. The third-order valence-corrected chi connectivity index (χ3v) is 4.91. The highest BCUT2D eigenvalue weighted by molar-refractivity contribution is 9.10. The van der Waals surface area contributed by atoms with Crippen LogP contribution in [0, 0.1) is 0 Å². The van der Waals surface area contributed by atoms with E-state index in [0.717, 1.165) is 48.0 Å². The van der Waals surface area contributed by atoms with E-state index >= 15 is 0 Å². The Hall–Kier alpha value is -1.86. The van der Waals surface area contributed by atoms with Crippen LogP contribution in [-0.4, -0.2) is 55.2 Å². The van der Waals surface area contributed by atoms with Gasteiger partial charge < -0.3 is 15.0 Å². The monoisotopic (exact) mass is 405 g/mol. The molecule has 1 unspecified atom stereocenters. The van der Waals surface area contributed by atoms with E-state index in [1.54, 1.807) is 13.3 Å². The summed E-state index contributed by atoms with van der Waals surface area (Å²) >= 11 is 3.56. The Balaban J connectivity index is 1.57. The van der Waals surface area contributed by atoms with E-state index < -0.39 is 0 Å². The predicted octanol–water partition coefficient (Wildman–Crippen LogP) is 3.00. The van der Waals surface area contributed by atoms with Crippen LogP contribution in [0.2, 0.25) is 0 Å². The molecule has 0 saturated carbocycles. The van der Waals surface area contributed by atoms with Crippen molar-refractivity contribution in [1.29, 1.82) is 0 Å². The van der Waals surface area contributed by atoms with E-state index in [0.29, 0.717) is 6.04 Å². The largest absolute Gasteiger partial charge is 0.496 e. The van der Waals surface area contributed by atoms with E-state index in [9.17, 15) is 0 Å². The van der Waals surface area contributed by atoms with Gasteiger partial charge in [-0.2, -0.15) is 4.98 Å². The third-order valence-electron chi connectivity index (χ3n) is 4.29. The van der Waals surface area contributed by atoms with Gasteiger partial charge in [0, 0.05) is 46.0 Å². The molecule has 7 heteroatoms. The van der Waals surface area contributed by atoms with E-state index in [4.69, 9.17) is 4.74 Å². The quantitative estimate of drug-likeness (QED) is 0.796. The van der Waals surface area contributed by atoms with Crippen LogP contribution in [0.25, 0.3) is 0 Å². The number of hydrogen-bond acceptors (Lipinski definition) is 6. The number of hydrogen-bond donors (Lipinski definition) is 1. The first-order valence-electron chi connectivity index (χ1n) is 8.37. The summed E-state index contributed by atoms with van der Waals surface area (Å²) in [6.07, 6.45) is 2.91. The number of nitrogens with zero attached hydrogens (tertiary/aromatic N) is 4. The second-order valence-corrected chi connectivity index (χ2v) is 7.32. The molecule has 1 N–H and O–H groups in total. The fourth-order valence-corrected chi connectivity index (χ4v) is 3.60. The van der Waals surface area contributed by atoms with Gasteiger partial charge in [-0.3, -0.25) is 4.90 Å². The average Bonchev–Trinajstić information content (AvgIpc) is 3.02. The lowest BCUT2D eigenvalue weighted by Gasteiger charge is -2.18. The van der Waals surface area contributed by atoms with Crippen molar-refractivity contribution >= 4 is 27.7 Å². The first-order chi connectivity index (χ1) is 12.0. The van der Waals surface area contributed by atoms with E-state index in [2.05, 4.69) is 48.2 Å². The number of aromatic nitrogens is 2. The van der Waals surface area contributed by atoms with Crippen molar-refractivity contribution in [3.05, 3.63) is 40.5 Å². The van der Waals surface area contributed by atoms with Gasteiger partial charge in [0.05, 0.1) is 11.6 Å². The lowest BCUT2D eigenvalue weighted by Crippen LogP contribution is -2.26. The molecule has 2 aromatic rings. The molecular weight excluding hydrogens is 382 g/mol. The average molecular weight is 406 g/mol. The van der Waals surface area contributed by atoms with E-state index in [1.165, 1.54) is 5.56 Å². The molecule has 1 saturated heterocycles. The standard InChI is InChI=1S/C18H24BrN5O/c1-23(2)18-20-8-6-17(22-18)21-14-7-9-24(12-14)11-13-4-5-16(25-3)15(19)10-13/h4-6,8,10,14H,7,9,11-12H2,1-3H3,(H,20,21,22). The summed E-state index contributed by atoms with van der Waals surface area (Å²) in [5.41, 5.74) is 1.28. The molecule has 6 nitrogen and oxygen atoms in total. The summed E-state index contributed by atoms with van der Waals surface area (Å²) < 4.78 is 6.29. The minimum atomic E-state index is 0.409. The second kappa shape index (κ2) is 8.01. The van der Waals surface area contributed by atoms with E-state index in [1.807, 2.05) is 31.1 Å². The molecule has 1 aromatic carbocycles. The van der Waals surface area contributed by atoms with Crippen LogP contribution in [0.5, 0.6) is 5.75 Å². The molecular formula is C18H24BrN5O. The van der Waals surface area contributed by atoms with Gasteiger partial charge in [-0.05, 0) is 46.1 Å². The number of anilines is 2. The van der Waals surface area contributed by atoms with Crippen molar-refractivity contribution in [2.45, 2.75) is 19.0 Å². The summed E-state index contributed by atoms with van der Waals surface area (Å²) in [6.45, 7) is 3.02. The number of nitrogens with one attached hydrogen (secondary N) is 1. The molecule has 0 bridgehead atoms. The molecule has 1 aromatic heterocycles. The summed E-state index contributed by atoms with van der Waals surface area (Å²) in [4.78, 5) is 13.2. The smallest absolute Gasteiger partial charge is 0.226 e. The van der Waals surface area contributed by atoms with Crippen LogP contribution < -0.4 is 15.0 Å². The van der Waals surface area contributed by atoms with Gasteiger partial charge in [0.1, 0.15) is 11.6 Å². The van der Waals surface area contributed by atoms with Crippen molar-refractivity contribution in [2.24, 2.45) is 0 Å². The fraction of sp³-hybridized carbons (Fsp3) is 0.444. The molecule has 134 valence electrons. The Morgan fingerprint density at radius 3 is 2.92 bits per heavy atom. The highest BCUT2D eigenvalue weighted by Crippen LogP contribution is 2.27. The van der Waals surface area contributed by atoms with Gasteiger partial charge in [0.25, 0.3) is 0 Å². The summed E-state index contributed by atoms with van der Waals surface area (Å²) in [5, 5.41) is 3.53. The van der Waals surface area contributed by atoms with Crippen LogP contribution in [0.1, 0.15) is 12.0 Å². The fourth-order valence-electron chi connectivity index (χ4n) is 3.01. The molecule has 0 radical (unpaired) electrons. The van der Waals surface area contributed by atoms with Crippen LogP contribution in [0.4, 0.5) is 11.8 Å². The van der Waals surface area contributed by atoms with Gasteiger partial charge in [-0.15, -0.1) is 0 Å². The Bertz CT molecular complexity index is 724. The summed E-state index contributed by atoms with van der Waals surface area (Å²) in [5.74, 6) is 2.48. The normalized spacial score (nSPS) is 17.5. The summed E-state index contributed by atoms with van der Waals surface area (Å²) in [7, 11) is 5.58.